The zero-order valence-corrected chi connectivity index (χ0v) is 10.0. The van der Waals surface area contributed by atoms with E-state index in [0.29, 0.717) is 5.75 Å². The van der Waals surface area contributed by atoms with E-state index in [0.717, 1.165) is 24.0 Å². The Morgan fingerprint density at radius 2 is 2.33 bits per heavy atom. The van der Waals surface area contributed by atoms with Crippen LogP contribution >= 0.6 is 0 Å². The maximum absolute atomic E-state index is 12.4. The van der Waals surface area contributed by atoms with Gasteiger partial charge in [-0.15, -0.1) is 0 Å². The van der Waals surface area contributed by atoms with Crippen LogP contribution in [0.1, 0.15) is 28.4 Å². The third-order valence-electron chi connectivity index (χ3n) is 3.33. The minimum Gasteiger partial charge on any atom is -0.497 e. The standard InChI is InChI=1S/C13H13N3O2/c1-18-10-4-2-9-3-5-12(13(17)11(9)6-10)16-8-14-7-15-16/h2,4,6-8,12H,3,5H2,1H3. The molecule has 92 valence electrons. The summed E-state index contributed by atoms with van der Waals surface area (Å²) in [5, 5.41) is 4.06. The van der Waals surface area contributed by atoms with Crippen molar-refractivity contribution in [1.82, 2.24) is 14.8 Å². The number of carbonyl (C=O) groups is 1. The second-order valence-electron chi connectivity index (χ2n) is 4.32. The number of methoxy groups -OCH3 is 1. The topological polar surface area (TPSA) is 57.0 Å². The lowest BCUT2D eigenvalue weighted by Gasteiger charge is -2.23. The molecular weight excluding hydrogens is 230 g/mol. The molecule has 5 heteroatoms. The minimum absolute atomic E-state index is 0.0839. The molecule has 0 radical (unpaired) electrons. The Kier molecular flexibility index (Phi) is 2.59. The molecule has 2 aromatic rings. The van der Waals surface area contributed by atoms with Crippen molar-refractivity contribution in [3.63, 3.8) is 0 Å². The maximum atomic E-state index is 12.4. The van der Waals surface area contributed by atoms with Crippen molar-refractivity contribution in [2.75, 3.05) is 7.11 Å². The van der Waals surface area contributed by atoms with E-state index < -0.39 is 0 Å². The smallest absolute Gasteiger partial charge is 0.187 e. The molecule has 3 rings (SSSR count). The van der Waals surface area contributed by atoms with Crippen LogP contribution in [0.5, 0.6) is 5.75 Å². The third kappa shape index (κ3) is 1.68. The first-order chi connectivity index (χ1) is 8.79. The molecule has 0 N–H and O–H groups in total. The number of fused-ring (bicyclic) bond motifs is 1. The molecule has 0 bridgehead atoms. The Balaban J connectivity index is 2.00. The molecule has 18 heavy (non-hydrogen) atoms. The van der Waals surface area contributed by atoms with E-state index in [1.807, 2.05) is 12.1 Å². The molecule has 1 unspecified atom stereocenters. The highest BCUT2D eigenvalue weighted by Gasteiger charge is 2.29. The molecule has 0 aliphatic heterocycles. The first kappa shape index (κ1) is 11.0. The first-order valence-electron chi connectivity index (χ1n) is 5.85. The molecule has 1 atom stereocenters. The minimum atomic E-state index is -0.243. The summed E-state index contributed by atoms with van der Waals surface area (Å²) in [6.07, 6.45) is 4.68. The van der Waals surface area contributed by atoms with Gasteiger partial charge in [0.1, 0.15) is 24.4 Å². The van der Waals surface area contributed by atoms with Crippen molar-refractivity contribution in [1.29, 1.82) is 0 Å². The molecule has 0 saturated heterocycles. The van der Waals surface area contributed by atoms with E-state index in [2.05, 4.69) is 10.1 Å². The van der Waals surface area contributed by atoms with Crippen molar-refractivity contribution in [2.45, 2.75) is 18.9 Å². The van der Waals surface area contributed by atoms with Crippen LogP contribution in [0, 0.1) is 0 Å². The number of aromatic nitrogens is 3. The van der Waals surface area contributed by atoms with Gasteiger partial charge in [-0.05, 0) is 30.5 Å². The van der Waals surface area contributed by atoms with E-state index in [-0.39, 0.29) is 11.8 Å². The van der Waals surface area contributed by atoms with Gasteiger partial charge in [-0.25, -0.2) is 9.67 Å². The van der Waals surface area contributed by atoms with Gasteiger partial charge in [-0.2, -0.15) is 5.10 Å². The van der Waals surface area contributed by atoms with Crippen molar-refractivity contribution >= 4 is 5.78 Å². The summed E-state index contributed by atoms with van der Waals surface area (Å²) in [5.74, 6) is 0.794. The van der Waals surface area contributed by atoms with Crippen molar-refractivity contribution in [3.8, 4) is 5.75 Å². The van der Waals surface area contributed by atoms with Crippen LogP contribution in [-0.2, 0) is 6.42 Å². The van der Waals surface area contributed by atoms with Crippen LogP contribution in [0.2, 0.25) is 0 Å². The average Bonchev–Trinajstić information content (AvgIpc) is 2.93. The maximum Gasteiger partial charge on any atom is 0.187 e. The second kappa shape index (κ2) is 4.25. The van der Waals surface area contributed by atoms with Crippen LogP contribution in [0.4, 0.5) is 0 Å². The molecule has 1 aliphatic carbocycles. The quantitative estimate of drug-likeness (QED) is 0.804. The largest absolute Gasteiger partial charge is 0.497 e. The average molecular weight is 243 g/mol. The highest BCUT2D eigenvalue weighted by Crippen LogP contribution is 2.30. The molecule has 1 aromatic heterocycles. The monoisotopic (exact) mass is 243 g/mol. The van der Waals surface area contributed by atoms with Gasteiger partial charge in [0, 0.05) is 5.56 Å². The van der Waals surface area contributed by atoms with Gasteiger partial charge in [-0.1, -0.05) is 6.07 Å². The van der Waals surface area contributed by atoms with Gasteiger partial charge >= 0.3 is 0 Å². The predicted molar refractivity (Wildman–Crippen MR) is 64.7 cm³/mol. The van der Waals surface area contributed by atoms with Crippen molar-refractivity contribution < 1.29 is 9.53 Å². The number of nitrogens with zero attached hydrogens (tertiary/aromatic N) is 3. The zero-order valence-electron chi connectivity index (χ0n) is 10.0. The highest BCUT2D eigenvalue weighted by molar-refractivity contribution is 6.01. The number of rotatable bonds is 2. The van der Waals surface area contributed by atoms with Crippen LogP contribution in [0.3, 0.4) is 0 Å². The summed E-state index contributed by atoms with van der Waals surface area (Å²) in [6.45, 7) is 0. The predicted octanol–water partition coefficient (Wildman–Crippen LogP) is 1.66. The van der Waals surface area contributed by atoms with Crippen LogP contribution in [0.15, 0.2) is 30.9 Å². The first-order valence-corrected chi connectivity index (χ1v) is 5.85. The van der Waals surface area contributed by atoms with Crippen molar-refractivity contribution in [3.05, 3.63) is 42.0 Å². The van der Waals surface area contributed by atoms with Gasteiger partial charge < -0.3 is 4.74 Å². The Hall–Kier alpha value is -2.17. The summed E-state index contributed by atoms with van der Waals surface area (Å²) in [6, 6.07) is 5.42. The van der Waals surface area contributed by atoms with Crippen LogP contribution in [-0.4, -0.2) is 27.7 Å². The van der Waals surface area contributed by atoms with E-state index in [1.54, 1.807) is 24.2 Å². The Morgan fingerprint density at radius 1 is 1.44 bits per heavy atom. The molecule has 1 heterocycles. The molecule has 1 aliphatic rings. The van der Waals surface area contributed by atoms with E-state index in [4.69, 9.17) is 4.74 Å². The van der Waals surface area contributed by atoms with E-state index in [1.165, 1.54) is 6.33 Å². The fourth-order valence-corrected chi connectivity index (χ4v) is 2.36. The molecule has 1 aromatic carbocycles. The summed E-state index contributed by atoms with van der Waals surface area (Å²) < 4.78 is 6.80. The lowest BCUT2D eigenvalue weighted by molar-refractivity contribution is 0.0899. The highest BCUT2D eigenvalue weighted by atomic mass is 16.5. The zero-order chi connectivity index (χ0) is 12.5. The van der Waals surface area contributed by atoms with Crippen molar-refractivity contribution in [2.24, 2.45) is 0 Å². The summed E-state index contributed by atoms with van der Waals surface area (Å²) >= 11 is 0. The van der Waals surface area contributed by atoms with E-state index in [9.17, 15) is 4.79 Å². The Labute approximate surface area is 104 Å². The summed E-state index contributed by atoms with van der Waals surface area (Å²) in [5.41, 5.74) is 1.82. The molecule has 0 amide bonds. The molecular formula is C13H13N3O2. The van der Waals surface area contributed by atoms with Crippen LogP contribution in [0.25, 0.3) is 0 Å². The molecule has 0 fully saturated rings. The van der Waals surface area contributed by atoms with Crippen LogP contribution < -0.4 is 4.74 Å². The van der Waals surface area contributed by atoms with Gasteiger partial charge in [0.2, 0.25) is 0 Å². The van der Waals surface area contributed by atoms with Gasteiger partial charge in [-0.3, -0.25) is 4.79 Å². The van der Waals surface area contributed by atoms with E-state index >= 15 is 0 Å². The second-order valence-corrected chi connectivity index (χ2v) is 4.32. The number of benzene rings is 1. The fourth-order valence-electron chi connectivity index (χ4n) is 2.36. The van der Waals surface area contributed by atoms with Gasteiger partial charge in [0.25, 0.3) is 0 Å². The SMILES string of the molecule is COc1ccc2c(c1)C(=O)C(n1cncn1)CC2. The molecule has 0 spiro atoms. The van der Waals surface area contributed by atoms with Gasteiger partial charge in [0.15, 0.2) is 5.78 Å². The number of ketones is 1. The summed E-state index contributed by atoms with van der Waals surface area (Å²) in [4.78, 5) is 16.3. The number of aryl methyl sites for hydroxylation is 1. The molecule has 5 nitrogen and oxygen atoms in total. The third-order valence-corrected chi connectivity index (χ3v) is 3.33. The lowest BCUT2D eigenvalue weighted by atomic mass is 9.87. The number of ether oxygens (including phenoxy) is 1. The summed E-state index contributed by atoms with van der Waals surface area (Å²) in [7, 11) is 1.60. The number of Topliss-reactive ketones (excluding diaryl/α,β-unsaturated/α-hetero) is 1. The molecule has 0 saturated carbocycles. The lowest BCUT2D eigenvalue weighted by Crippen LogP contribution is -2.26. The van der Waals surface area contributed by atoms with Gasteiger partial charge in [0.05, 0.1) is 7.11 Å². The Bertz CT molecular complexity index is 578. The number of hydrogen-bond donors (Lipinski definition) is 0. The number of hydrogen-bond acceptors (Lipinski definition) is 4. The number of carbonyl (C=O) groups excluding carboxylic acids is 1. The Morgan fingerprint density at radius 3 is 3.06 bits per heavy atom. The fraction of sp³-hybridized carbons (Fsp3) is 0.308. The normalized spacial score (nSPS) is 18.5.